The van der Waals surface area contributed by atoms with Crippen LogP contribution in [0.15, 0.2) is 93.1 Å². The number of benzene rings is 3. The smallest absolute Gasteiger partial charge is 0.332 e. The molecule has 1 aliphatic heterocycles. The summed E-state index contributed by atoms with van der Waals surface area (Å²) in [6.07, 6.45) is 1.49. The summed E-state index contributed by atoms with van der Waals surface area (Å²) in [5.41, 5.74) is 0.444. The van der Waals surface area contributed by atoms with Crippen LogP contribution in [0.5, 0.6) is 11.5 Å². The number of ether oxygens (including phenoxy) is 2. The number of fused-ring (bicyclic) bond motifs is 2. The van der Waals surface area contributed by atoms with Crippen LogP contribution in [0.25, 0.3) is 10.9 Å². The Bertz CT molecular complexity index is 1960. The molecule has 3 aromatic carbocycles. The average Bonchev–Trinajstić information content (AvgIpc) is 3.72. The molecule has 43 heavy (non-hydrogen) atoms. The van der Waals surface area contributed by atoms with Gasteiger partial charge >= 0.3 is 5.69 Å². The lowest BCUT2D eigenvalue weighted by Crippen LogP contribution is -2.43. The summed E-state index contributed by atoms with van der Waals surface area (Å²) in [4.78, 5) is 53.4. The van der Waals surface area contributed by atoms with E-state index in [1.165, 1.54) is 29.0 Å². The molecule has 11 nitrogen and oxygen atoms in total. The molecule has 0 fully saturated rings. The summed E-state index contributed by atoms with van der Waals surface area (Å²) in [6, 6.07) is 20.1. The SMILES string of the molecule is O=C(Cn1c(=O)n(Cc2ccc3c(c2)OCO3)c(=O)c2ccc(C(=O)NCc3ccccc3Cl)cc21)NCc1ccco1. The lowest BCUT2D eigenvalue weighted by Gasteiger charge is -2.15. The second kappa shape index (κ2) is 11.9. The summed E-state index contributed by atoms with van der Waals surface area (Å²) >= 11 is 6.21. The number of carbonyl (C=O) groups is 2. The third-order valence-electron chi connectivity index (χ3n) is 7.00. The minimum Gasteiger partial charge on any atom is -0.467 e. The number of halogens is 1. The molecular formula is C31H25ClN4O7. The zero-order chi connectivity index (χ0) is 29.9. The highest BCUT2D eigenvalue weighted by Gasteiger charge is 2.20. The molecule has 0 bridgehead atoms. The Labute approximate surface area is 249 Å². The van der Waals surface area contributed by atoms with E-state index >= 15 is 0 Å². The van der Waals surface area contributed by atoms with Gasteiger partial charge in [-0.05, 0) is 59.7 Å². The zero-order valence-electron chi connectivity index (χ0n) is 22.7. The highest BCUT2D eigenvalue weighted by atomic mass is 35.5. The number of aromatic nitrogens is 2. The molecule has 0 saturated carbocycles. The Morgan fingerprint density at radius 1 is 0.860 bits per heavy atom. The molecule has 0 atom stereocenters. The number of rotatable bonds is 9. The molecule has 1 aliphatic rings. The summed E-state index contributed by atoms with van der Waals surface area (Å²) in [5, 5.41) is 6.20. The van der Waals surface area contributed by atoms with Crippen LogP contribution in [-0.4, -0.2) is 27.7 Å². The molecule has 0 saturated heterocycles. The van der Waals surface area contributed by atoms with E-state index in [2.05, 4.69) is 10.6 Å². The van der Waals surface area contributed by atoms with Crippen molar-refractivity contribution in [1.29, 1.82) is 0 Å². The Balaban J connectivity index is 1.35. The number of amides is 2. The monoisotopic (exact) mass is 600 g/mol. The van der Waals surface area contributed by atoms with Gasteiger partial charge in [0.25, 0.3) is 11.5 Å². The maximum atomic E-state index is 13.8. The zero-order valence-corrected chi connectivity index (χ0v) is 23.4. The van der Waals surface area contributed by atoms with Gasteiger partial charge in [-0.15, -0.1) is 0 Å². The predicted molar refractivity (Wildman–Crippen MR) is 157 cm³/mol. The highest BCUT2D eigenvalue weighted by molar-refractivity contribution is 6.31. The third kappa shape index (κ3) is 5.88. The molecule has 6 rings (SSSR count). The normalized spacial score (nSPS) is 11.9. The van der Waals surface area contributed by atoms with Crippen LogP contribution in [0.3, 0.4) is 0 Å². The lowest BCUT2D eigenvalue weighted by molar-refractivity contribution is -0.121. The number of nitrogens with zero attached hydrogens (tertiary/aromatic N) is 2. The molecular weight excluding hydrogens is 576 g/mol. The van der Waals surface area contributed by atoms with Crippen LogP contribution in [0.4, 0.5) is 0 Å². The summed E-state index contributed by atoms with van der Waals surface area (Å²) < 4.78 is 18.3. The van der Waals surface area contributed by atoms with Crippen LogP contribution in [0, 0.1) is 0 Å². The first-order valence-corrected chi connectivity index (χ1v) is 13.7. The molecule has 2 N–H and O–H groups in total. The first-order valence-electron chi connectivity index (χ1n) is 13.3. The topological polar surface area (TPSA) is 134 Å². The van der Waals surface area contributed by atoms with E-state index in [-0.39, 0.29) is 42.9 Å². The van der Waals surface area contributed by atoms with Crippen LogP contribution in [0.2, 0.25) is 5.02 Å². The second-order valence-electron chi connectivity index (χ2n) is 9.81. The Morgan fingerprint density at radius 3 is 2.51 bits per heavy atom. The van der Waals surface area contributed by atoms with Crippen molar-refractivity contribution in [2.45, 2.75) is 26.2 Å². The van der Waals surface area contributed by atoms with Gasteiger partial charge in [0.05, 0.1) is 30.3 Å². The Kier molecular flexibility index (Phi) is 7.71. The maximum absolute atomic E-state index is 13.8. The van der Waals surface area contributed by atoms with E-state index < -0.39 is 29.6 Å². The van der Waals surface area contributed by atoms with Gasteiger partial charge in [0.15, 0.2) is 11.5 Å². The fourth-order valence-electron chi connectivity index (χ4n) is 4.79. The van der Waals surface area contributed by atoms with Gasteiger partial charge in [0.2, 0.25) is 12.7 Å². The molecule has 2 aromatic heterocycles. The first kappa shape index (κ1) is 27.9. The van der Waals surface area contributed by atoms with Crippen molar-refractivity contribution in [2.24, 2.45) is 0 Å². The van der Waals surface area contributed by atoms with Crippen LogP contribution < -0.4 is 31.4 Å². The van der Waals surface area contributed by atoms with E-state index in [1.54, 1.807) is 48.5 Å². The van der Waals surface area contributed by atoms with Gasteiger partial charge < -0.3 is 24.5 Å². The molecule has 3 heterocycles. The minimum atomic E-state index is -0.711. The van der Waals surface area contributed by atoms with E-state index in [0.29, 0.717) is 27.8 Å². The highest BCUT2D eigenvalue weighted by Crippen LogP contribution is 2.32. The Morgan fingerprint density at radius 2 is 1.70 bits per heavy atom. The summed E-state index contributed by atoms with van der Waals surface area (Å²) in [7, 11) is 0. The largest absolute Gasteiger partial charge is 0.467 e. The van der Waals surface area contributed by atoms with Crippen molar-refractivity contribution < 1.29 is 23.5 Å². The van der Waals surface area contributed by atoms with Crippen LogP contribution in [0.1, 0.15) is 27.2 Å². The van der Waals surface area contributed by atoms with Crippen LogP contribution in [-0.2, 0) is 31.0 Å². The predicted octanol–water partition coefficient (Wildman–Crippen LogP) is 3.43. The van der Waals surface area contributed by atoms with E-state index in [4.69, 9.17) is 25.5 Å². The van der Waals surface area contributed by atoms with Gasteiger partial charge in [-0.1, -0.05) is 35.9 Å². The third-order valence-corrected chi connectivity index (χ3v) is 7.37. The average molecular weight is 601 g/mol. The van der Waals surface area contributed by atoms with Crippen molar-refractivity contribution >= 4 is 34.3 Å². The van der Waals surface area contributed by atoms with Crippen molar-refractivity contribution in [2.75, 3.05) is 6.79 Å². The fraction of sp³-hybridized carbons (Fsp3) is 0.161. The molecule has 0 spiro atoms. The van der Waals surface area contributed by atoms with Gasteiger partial charge in [0, 0.05) is 17.1 Å². The number of furan rings is 1. The number of carbonyl (C=O) groups excluding carboxylic acids is 2. The standard InChI is InChI=1S/C31H25ClN4O7/c32-24-6-2-1-4-21(24)14-34-29(38)20-8-9-23-25(13-20)35(17-28(37)33-15-22-5-3-11-41-22)31(40)36(30(23)39)16-19-7-10-26-27(12-19)43-18-42-26/h1-13H,14-18H2,(H,33,37)(H,34,38). The molecule has 5 aromatic rings. The summed E-state index contributed by atoms with van der Waals surface area (Å²) in [5.74, 6) is 0.696. The molecule has 12 heteroatoms. The van der Waals surface area contributed by atoms with Crippen molar-refractivity contribution in [1.82, 2.24) is 19.8 Å². The molecule has 0 aliphatic carbocycles. The second-order valence-corrected chi connectivity index (χ2v) is 10.2. The van der Waals surface area contributed by atoms with Gasteiger partial charge in [-0.3, -0.25) is 23.5 Å². The number of nitrogens with one attached hydrogen (secondary N) is 2. The number of hydrogen-bond donors (Lipinski definition) is 2. The first-order chi connectivity index (χ1) is 20.9. The molecule has 0 radical (unpaired) electrons. The quantitative estimate of drug-likeness (QED) is 0.265. The summed E-state index contributed by atoms with van der Waals surface area (Å²) in [6.45, 7) is -0.0931. The maximum Gasteiger partial charge on any atom is 0.332 e. The fourth-order valence-corrected chi connectivity index (χ4v) is 4.99. The van der Waals surface area contributed by atoms with E-state index in [1.807, 2.05) is 6.07 Å². The van der Waals surface area contributed by atoms with E-state index in [0.717, 1.165) is 10.1 Å². The van der Waals surface area contributed by atoms with Gasteiger partial charge in [-0.25, -0.2) is 4.79 Å². The molecule has 218 valence electrons. The van der Waals surface area contributed by atoms with Crippen LogP contribution >= 0.6 is 11.6 Å². The molecule has 2 amide bonds. The minimum absolute atomic E-state index is 0.0711. The van der Waals surface area contributed by atoms with Gasteiger partial charge in [-0.2, -0.15) is 0 Å². The number of hydrogen-bond acceptors (Lipinski definition) is 7. The van der Waals surface area contributed by atoms with Crippen molar-refractivity contribution in [3.05, 3.63) is 127 Å². The van der Waals surface area contributed by atoms with Crippen molar-refractivity contribution in [3.8, 4) is 11.5 Å². The lowest BCUT2D eigenvalue weighted by atomic mass is 10.1. The van der Waals surface area contributed by atoms with Gasteiger partial charge in [0.1, 0.15) is 12.3 Å². The molecule has 0 unspecified atom stereocenters. The van der Waals surface area contributed by atoms with E-state index in [9.17, 15) is 19.2 Å². The van der Waals surface area contributed by atoms with Crippen molar-refractivity contribution in [3.63, 3.8) is 0 Å². The Hall–Kier alpha value is -5.29.